The monoisotopic (exact) mass is 672 g/mol. The van der Waals surface area contributed by atoms with E-state index in [0.717, 1.165) is 51.4 Å². The summed E-state index contributed by atoms with van der Waals surface area (Å²) in [5.41, 5.74) is 3.59. The highest BCUT2D eigenvalue weighted by molar-refractivity contribution is 7.89. The number of urea groups is 2. The van der Waals surface area contributed by atoms with E-state index >= 15 is 0 Å². The molecule has 1 saturated carbocycles. The number of imide groups is 1. The second-order valence-electron chi connectivity index (χ2n) is 16.0. The average Bonchev–Trinajstić information content (AvgIpc) is 3.27. The fraction of sp³-hybridized carbons (Fsp3) is 0.703. The van der Waals surface area contributed by atoms with Crippen molar-refractivity contribution in [3.63, 3.8) is 0 Å². The third-order valence-corrected chi connectivity index (χ3v) is 12.8. The smallest absolute Gasteiger partial charge is 0.327 e. The molecule has 1 aromatic carbocycles. The maximum absolute atomic E-state index is 13.9. The molecule has 3 rings (SSSR count). The van der Waals surface area contributed by atoms with Crippen molar-refractivity contribution >= 4 is 28.0 Å². The number of carbonyl (C=O) groups is 3. The zero-order valence-corrected chi connectivity index (χ0v) is 32.3. The highest BCUT2D eigenvalue weighted by Gasteiger charge is 2.50. The number of hydrogen-bond acceptors (Lipinski definition) is 5. The van der Waals surface area contributed by atoms with Crippen molar-refractivity contribution in [1.82, 2.24) is 19.0 Å². The van der Waals surface area contributed by atoms with Crippen LogP contribution in [0.4, 0.5) is 9.59 Å². The molecule has 10 heteroatoms. The maximum Gasteiger partial charge on any atom is 0.333 e. The van der Waals surface area contributed by atoms with Gasteiger partial charge in [0.1, 0.15) is 0 Å². The van der Waals surface area contributed by atoms with Crippen molar-refractivity contribution in [3.8, 4) is 0 Å². The van der Waals surface area contributed by atoms with Crippen molar-refractivity contribution in [3.05, 3.63) is 40.0 Å². The summed E-state index contributed by atoms with van der Waals surface area (Å²) >= 11 is 0. The number of nitrogens with zero attached hydrogens (tertiary/aromatic N) is 4. The van der Waals surface area contributed by atoms with Crippen molar-refractivity contribution in [2.75, 3.05) is 34.2 Å². The molecule has 1 aromatic rings. The molecule has 1 aliphatic heterocycles. The Hall–Kier alpha value is -2.88. The first-order valence-corrected chi connectivity index (χ1v) is 18.6. The molecule has 1 heterocycles. The summed E-state index contributed by atoms with van der Waals surface area (Å²) in [6, 6.07) is 2.36. The van der Waals surface area contributed by atoms with Gasteiger partial charge >= 0.3 is 12.1 Å². The lowest BCUT2D eigenvalue weighted by Gasteiger charge is -2.55. The summed E-state index contributed by atoms with van der Waals surface area (Å²) < 4.78 is 28.6. The molecule has 1 unspecified atom stereocenters. The molecule has 0 bridgehead atoms. The standard InChI is InChI=1S/C37H60N4O5S/c1-23(2)17-30-31(24(3)4)22-41(33(30)42)34(43)38(12)21-28(8)32-26(6)18-29(19-27(32)7)47(45,46)40(14)35(44)39(13)37(11)16-15-25(5)20-36(37,9)10/h18-19,23-25,28H,15-17,20-22H2,1-14H3/t25-,28?,37-/m1/s1. The molecule has 0 radical (unpaired) electrons. The lowest BCUT2D eigenvalue weighted by molar-refractivity contribution is -0.123. The SMILES string of the molecule is Cc1cc(S(=O)(=O)N(C)C(=O)N(C)[C@]2(C)CC[C@@H](C)CC2(C)C)cc(C)c1C(C)CN(C)C(=O)N1CC(C(C)C)=C(CC(C)C)C1=O. The Bertz CT molecular complexity index is 1510. The molecule has 0 N–H and O–H groups in total. The molecule has 0 aromatic heterocycles. The molecule has 1 fully saturated rings. The van der Waals surface area contributed by atoms with Gasteiger partial charge in [0, 0.05) is 38.8 Å². The van der Waals surface area contributed by atoms with E-state index in [0.29, 0.717) is 31.3 Å². The third-order valence-electron chi connectivity index (χ3n) is 11.1. The Morgan fingerprint density at radius 1 is 1.00 bits per heavy atom. The molecule has 0 spiro atoms. The van der Waals surface area contributed by atoms with E-state index < -0.39 is 21.6 Å². The lowest BCUT2D eigenvalue weighted by atomic mass is 9.60. The number of hydrogen-bond donors (Lipinski definition) is 0. The minimum Gasteiger partial charge on any atom is -0.327 e. The van der Waals surface area contributed by atoms with Crippen molar-refractivity contribution in [2.45, 2.75) is 118 Å². The van der Waals surface area contributed by atoms with Gasteiger partial charge in [-0.2, -0.15) is 0 Å². The van der Waals surface area contributed by atoms with Crippen LogP contribution in [0.15, 0.2) is 28.2 Å². The van der Waals surface area contributed by atoms with Gasteiger partial charge in [0.25, 0.3) is 15.9 Å². The van der Waals surface area contributed by atoms with E-state index in [9.17, 15) is 22.8 Å². The maximum atomic E-state index is 13.9. The van der Waals surface area contributed by atoms with Gasteiger partial charge in [-0.05, 0) is 110 Å². The van der Waals surface area contributed by atoms with Crippen LogP contribution in [0.3, 0.4) is 0 Å². The van der Waals surface area contributed by atoms with Crippen molar-refractivity contribution in [1.29, 1.82) is 0 Å². The Balaban J connectivity index is 1.79. The van der Waals surface area contributed by atoms with Gasteiger partial charge < -0.3 is 9.80 Å². The van der Waals surface area contributed by atoms with Crippen LogP contribution >= 0.6 is 0 Å². The Morgan fingerprint density at radius 2 is 1.55 bits per heavy atom. The first-order chi connectivity index (χ1) is 21.5. The van der Waals surface area contributed by atoms with E-state index in [1.165, 1.54) is 11.9 Å². The average molecular weight is 673 g/mol. The van der Waals surface area contributed by atoms with Gasteiger partial charge in [-0.25, -0.2) is 22.3 Å². The van der Waals surface area contributed by atoms with Crippen LogP contribution in [-0.2, 0) is 14.8 Å². The van der Waals surface area contributed by atoms with E-state index in [4.69, 9.17) is 0 Å². The highest BCUT2D eigenvalue weighted by Crippen LogP contribution is 2.49. The second kappa shape index (κ2) is 13.9. The molecular formula is C37H60N4O5S. The minimum atomic E-state index is -4.14. The largest absolute Gasteiger partial charge is 0.333 e. The molecule has 3 atom stereocenters. The van der Waals surface area contributed by atoms with Crippen LogP contribution in [0.1, 0.15) is 111 Å². The predicted molar refractivity (Wildman–Crippen MR) is 189 cm³/mol. The van der Waals surface area contributed by atoms with E-state index in [1.54, 1.807) is 36.0 Å². The van der Waals surface area contributed by atoms with Gasteiger partial charge in [0.2, 0.25) is 0 Å². The second-order valence-corrected chi connectivity index (χ2v) is 18.0. The van der Waals surface area contributed by atoms with Crippen LogP contribution in [0.25, 0.3) is 0 Å². The van der Waals surface area contributed by atoms with Crippen LogP contribution in [-0.4, -0.2) is 85.2 Å². The molecule has 9 nitrogen and oxygen atoms in total. The van der Waals surface area contributed by atoms with Crippen molar-refractivity contribution in [2.24, 2.45) is 23.2 Å². The zero-order valence-electron chi connectivity index (χ0n) is 31.4. The number of benzene rings is 1. The number of carbonyl (C=O) groups excluding carboxylic acids is 3. The zero-order chi connectivity index (χ0) is 36.0. The first-order valence-electron chi connectivity index (χ1n) is 17.1. The summed E-state index contributed by atoms with van der Waals surface area (Å²) in [5.74, 6) is 0.702. The number of likely N-dealkylation sites (N-methyl/N-ethyl adjacent to an activating group) is 1. The summed E-state index contributed by atoms with van der Waals surface area (Å²) in [4.78, 5) is 45.2. The molecular weight excluding hydrogens is 612 g/mol. The van der Waals surface area contributed by atoms with Gasteiger partial charge in [0.05, 0.1) is 11.4 Å². The Kier molecular flexibility index (Phi) is 11.4. The Morgan fingerprint density at radius 3 is 2.04 bits per heavy atom. The lowest BCUT2D eigenvalue weighted by Crippen LogP contribution is -2.61. The Labute approximate surface area is 284 Å². The number of rotatable bonds is 9. The molecule has 5 amide bonds. The summed E-state index contributed by atoms with van der Waals surface area (Å²) in [6.45, 7) is 23.3. The predicted octanol–water partition coefficient (Wildman–Crippen LogP) is 7.58. The topological polar surface area (TPSA) is 98.3 Å². The number of aryl methyl sites for hydroxylation is 2. The van der Waals surface area contributed by atoms with Gasteiger partial charge in [-0.1, -0.05) is 55.4 Å². The molecule has 2 aliphatic rings. The fourth-order valence-corrected chi connectivity index (χ4v) is 9.26. The molecule has 0 saturated heterocycles. The minimum absolute atomic E-state index is 0.0615. The normalized spacial score (nSPS) is 22.3. The van der Waals surface area contributed by atoms with E-state index in [-0.39, 0.29) is 34.1 Å². The van der Waals surface area contributed by atoms with E-state index in [1.807, 2.05) is 20.8 Å². The molecule has 47 heavy (non-hydrogen) atoms. The van der Waals surface area contributed by atoms with Gasteiger partial charge in [-0.3, -0.25) is 9.69 Å². The molecule has 264 valence electrons. The summed E-state index contributed by atoms with van der Waals surface area (Å²) in [6.07, 6.45) is 3.40. The number of amides is 5. The first kappa shape index (κ1) is 38.6. The number of sulfonamides is 1. The van der Waals surface area contributed by atoms with Gasteiger partial charge in [-0.15, -0.1) is 0 Å². The summed E-state index contributed by atoms with van der Waals surface area (Å²) in [7, 11) is 0.621. The van der Waals surface area contributed by atoms with E-state index in [2.05, 4.69) is 55.4 Å². The molecule has 1 aliphatic carbocycles. The fourth-order valence-electron chi connectivity index (χ4n) is 7.96. The van der Waals surface area contributed by atoms with Gasteiger partial charge in [0.15, 0.2) is 0 Å². The van der Waals surface area contributed by atoms with Crippen molar-refractivity contribution < 1.29 is 22.8 Å². The van der Waals surface area contributed by atoms with Crippen LogP contribution in [0, 0.1) is 37.0 Å². The van der Waals surface area contributed by atoms with Crippen LogP contribution in [0.5, 0.6) is 0 Å². The third kappa shape index (κ3) is 7.42. The van der Waals surface area contributed by atoms with Crippen LogP contribution < -0.4 is 0 Å². The highest BCUT2D eigenvalue weighted by atomic mass is 32.2. The van der Waals surface area contributed by atoms with Crippen LogP contribution in [0.2, 0.25) is 0 Å². The quantitative estimate of drug-likeness (QED) is 0.270. The summed E-state index contributed by atoms with van der Waals surface area (Å²) in [5, 5.41) is 0.